The highest BCUT2D eigenvalue weighted by Crippen LogP contribution is 2.36. The predicted octanol–water partition coefficient (Wildman–Crippen LogP) is 3.78. The van der Waals surface area contributed by atoms with Gasteiger partial charge in [0.1, 0.15) is 5.75 Å². The summed E-state index contributed by atoms with van der Waals surface area (Å²) in [6.07, 6.45) is 0. The minimum Gasteiger partial charge on any atom is -0.497 e. The molecule has 0 amide bonds. The molecule has 3 rings (SSSR count). The largest absolute Gasteiger partial charge is 0.497 e. The second-order valence-electron chi connectivity index (χ2n) is 6.28. The lowest BCUT2D eigenvalue weighted by atomic mass is 9.89. The number of benzene rings is 1. The molecule has 22 heavy (non-hydrogen) atoms. The van der Waals surface area contributed by atoms with Gasteiger partial charge in [0.2, 0.25) is 0 Å². The van der Waals surface area contributed by atoms with Gasteiger partial charge in [-0.3, -0.25) is 0 Å². The molecule has 0 saturated heterocycles. The minimum absolute atomic E-state index is 0.108. The Balaban J connectivity index is 2.32. The lowest BCUT2D eigenvalue weighted by molar-refractivity contribution is 0.415. The quantitative estimate of drug-likeness (QED) is 0.779. The van der Waals surface area contributed by atoms with Gasteiger partial charge >= 0.3 is 0 Å². The van der Waals surface area contributed by atoms with Gasteiger partial charge in [-0.15, -0.1) is 0 Å². The van der Waals surface area contributed by atoms with Crippen LogP contribution in [0.1, 0.15) is 26.5 Å². The van der Waals surface area contributed by atoms with Crippen LogP contribution >= 0.6 is 0 Å². The van der Waals surface area contributed by atoms with E-state index in [1.54, 1.807) is 7.11 Å². The smallest absolute Gasteiger partial charge is 0.260 e. The van der Waals surface area contributed by atoms with Gasteiger partial charge in [-0.05, 0) is 23.8 Å². The number of fused-ring (bicyclic) bond motifs is 1. The summed E-state index contributed by atoms with van der Waals surface area (Å²) in [7, 11) is 1.65. The molecule has 2 N–H and O–H groups in total. The van der Waals surface area contributed by atoms with Crippen LogP contribution in [0.5, 0.6) is 5.75 Å². The van der Waals surface area contributed by atoms with Crippen LogP contribution in [0.15, 0.2) is 34.9 Å². The third-order valence-corrected chi connectivity index (χ3v) is 3.62. The van der Waals surface area contributed by atoms with E-state index < -0.39 is 0 Å². The standard InChI is InChI=1S/C17H19N3O2/c1-17(2,3)13-9-12(10-6-5-7-11(8-10)21-4)14-15(18)20-22-16(14)19-13/h5-9H,1-4H3,(H2,18,20). The molecule has 1 aromatic carbocycles. The molecule has 0 atom stereocenters. The van der Waals surface area contributed by atoms with Gasteiger partial charge in [0.15, 0.2) is 5.82 Å². The van der Waals surface area contributed by atoms with Gasteiger partial charge in [0.25, 0.3) is 5.71 Å². The summed E-state index contributed by atoms with van der Waals surface area (Å²) < 4.78 is 10.6. The van der Waals surface area contributed by atoms with Crippen LogP contribution in [0.2, 0.25) is 0 Å². The van der Waals surface area contributed by atoms with E-state index in [9.17, 15) is 0 Å². The molecule has 0 aliphatic rings. The Morgan fingerprint density at radius 2 is 1.95 bits per heavy atom. The van der Waals surface area contributed by atoms with Crippen LogP contribution in [0.4, 0.5) is 5.82 Å². The average Bonchev–Trinajstić information content (AvgIpc) is 2.87. The third kappa shape index (κ3) is 2.39. The van der Waals surface area contributed by atoms with Gasteiger partial charge in [-0.25, -0.2) is 4.98 Å². The second kappa shape index (κ2) is 5.02. The number of pyridine rings is 1. The molecule has 0 aliphatic heterocycles. The molecule has 0 radical (unpaired) electrons. The van der Waals surface area contributed by atoms with Gasteiger partial charge in [0.05, 0.1) is 18.2 Å². The summed E-state index contributed by atoms with van der Waals surface area (Å²) in [6.45, 7) is 6.32. The number of rotatable bonds is 2. The van der Waals surface area contributed by atoms with Crippen LogP contribution in [0.25, 0.3) is 22.2 Å². The van der Waals surface area contributed by atoms with Crippen LogP contribution in [0.3, 0.4) is 0 Å². The highest BCUT2D eigenvalue weighted by Gasteiger charge is 2.22. The maximum Gasteiger partial charge on any atom is 0.260 e. The van der Waals surface area contributed by atoms with Crippen molar-refractivity contribution in [2.75, 3.05) is 12.8 Å². The second-order valence-corrected chi connectivity index (χ2v) is 6.28. The summed E-state index contributed by atoms with van der Waals surface area (Å²) in [6, 6.07) is 9.87. The average molecular weight is 297 g/mol. The first-order valence-electron chi connectivity index (χ1n) is 7.11. The third-order valence-electron chi connectivity index (χ3n) is 3.62. The Labute approximate surface area is 129 Å². The highest BCUT2D eigenvalue weighted by molar-refractivity contribution is 5.99. The van der Waals surface area contributed by atoms with Crippen molar-refractivity contribution >= 4 is 16.9 Å². The lowest BCUT2D eigenvalue weighted by Crippen LogP contribution is -2.13. The number of anilines is 1. The molecule has 0 spiro atoms. The number of nitrogens with zero attached hydrogens (tertiary/aromatic N) is 2. The first kappa shape index (κ1) is 14.4. The number of ether oxygens (including phenoxy) is 1. The number of hydrogen-bond donors (Lipinski definition) is 1. The first-order chi connectivity index (χ1) is 10.4. The summed E-state index contributed by atoms with van der Waals surface area (Å²) in [5, 5.41) is 4.59. The lowest BCUT2D eigenvalue weighted by Gasteiger charge is -2.18. The van der Waals surface area contributed by atoms with Crippen LogP contribution in [0, 0.1) is 0 Å². The zero-order valence-electron chi connectivity index (χ0n) is 13.2. The van der Waals surface area contributed by atoms with Crippen LogP contribution < -0.4 is 10.5 Å². The molecule has 3 aromatic rings. The van der Waals surface area contributed by atoms with Crippen molar-refractivity contribution in [3.05, 3.63) is 36.0 Å². The first-order valence-corrected chi connectivity index (χ1v) is 7.11. The molecule has 2 heterocycles. The van der Waals surface area contributed by atoms with Gasteiger partial charge < -0.3 is 15.0 Å². The number of aromatic nitrogens is 2. The fourth-order valence-electron chi connectivity index (χ4n) is 2.38. The highest BCUT2D eigenvalue weighted by atomic mass is 16.5. The van der Waals surface area contributed by atoms with Crippen molar-refractivity contribution in [2.24, 2.45) is 0 Å². The Kier molecular flexibility index (Phi) is 3.28. The maximum atomic E-state index is 5.97. The molecule has 2 aromatic heterocycles. The predicted molar refractivity (Wildman–Crippen MR) is 86.9 cm³/mol. The van der Waals surface area contributed by atoms with Crippen molar-refractivity contribution < 1.29 is 9.26 Å². The normalized spacial score (nSPS) is 11.8. The molecule has 114 valence electrons. The SMILES string of the molecule is COc1cccc(-c2cc(C(C)(C)C)nc3onc(N)c23)c1. The van der Waals surface area contributed by atoms with E-state index in [1.165, 1.54) is 0 Å². The Morgan fingerprint density at radius 1 is 1.18 bits per heavy atom. The number of nitrogens with two attached hydrogens (primary N) is 1. The van der Waals surface area contributed by atoms with Crippen molar-refractivity contribution in [2.45, 2.75) is 26.2 Å². The number of nitrogen functional groups attached to an aromatic ring is 1. The van der Waals surface area contributed by atoms with E-state index in [0.717, 1.165) is 28.0 Å². The van der Waals surface area contributed by atoms with Crippen molar-refractivity contribution in [3.63, 3.8) is 0 Å². The fraction of sp³-hybridized carbons (Fsp3) is 0.294. The van der Waals surface area contributed by atoms with E-state index in [2.05, 4.69) is 30.9 Å². The number of methoxy groups -OCH3 is 1. The minimum atomic E-state index is -0.108. The molecule has 0 aliphatic carbocycles. The molecule has 0 saturated carbocycles. The van der Waals surface area contributed by atoms with E-state index in [0.29, 0.717) is 11.5 Å². The number of hydrogen-bond acceptors (Lipinski definition) is 5. The zero-order valence-corrected chi connectivity index (χ0v) is 13.2. The zero-order chi connectivity index (χ0) is 15.9. The van der Waals surface area contributed by atoms with Crippen molar-refractivity contribution in [3.8, 4) is 16.9 Å². The topological polar surface area (TPSA) is 74.2 Å². The molecular formula is C17H19N3O2. The van der Waals surface area contributed by atoms with Gasteiger partial charge in [0, 0.05) is 11.0 Å². The van der Waals surface area contributed by atoms with E-state index >= 15 is 0 Å². The van der Waals surface area contributed by atoms with Crippen molar-refractivity contribution in [1.29, 1.82) is 0 Å². The monoisotopic (exact) mass is 297 g/mol. The molecule has 5 heteroatoms. The Morgan fingerprint density at radius 3 is 2.64 bits per heavy atom. The Hall–Kier alpha value is -2.56. The van der Waals surface area contributed by atoms with Gasteiger partial charge in [-0.1, -0.05) is 38.1 Å². The molecule has 0 unspecified atom stereocenters. The van der Waals surface area contributed by atoms with E-state index in [1.807, 2.05) is 30.3 Å². The summed E-state index contributed by atoms with van der Waals surface area (Å²) in [4.78, 5) is 4.56. The van der Waals surface area contributed by atoms with Crippen molar-refractivity contribution in [1.82, 2.24) is 10.1 Å². The summed E-state index contributed by atoms with van der Waals surface area (Å²) >= 11 is 0. The summed E-state index contributed by atoms with van der Waals surface area (Å²) in [5.74, 6) is 1.13. The fourth-order valence-corrected chi connectivity index (χ4v) is 2.38. The summed E-state index contributed by atoms with van der Waals surface area (Å²) in [5.41, 5.74) is 9.19. The van der Waals surface area contributed by atoms with Gasteiger partial charge in [-0.2, -0.15) is 0 Å². The maximum absolute atomic E-state index is 5.97. The van der Waals surface area contributed by atoms with E-state index in [4.69, 9.17) is 15.0 Å². The molecule has 0 bridgehead atoms. The van der Waals surface area contributed by atoms with Crippen LogP contribution in [-0.2, 0) is 5.41 Å². The van der Waals surface area contributed by atoms with Crippen LogP contribution in [-0.4, -0.2) is 17.3 Å². The molecule has 5 nitrogen and oxygen atoms in total. The Bertz CT molecular complexity index is 832. The van der Waals surface area contributed by atoms with E-state index in [-0.39, 0.29) is 5.41 Å². The molecular weight excluding hydrogens is 278 g/mol. The molecule has 0 fully saturated rings.